The van der Waals surface area contributed by atoms with E-state index in [9.17, 15) is 8.42 Å². The molecule has 0 aliphatic heterocycles. The van der Waals surface area contributed by atoms with Crippen LogP contribution in [0.3, 0.4) is 0 Å². The molecule has 118 valence electrons. The molecule has 1 aromatic heterocycles. The summed E-state index contributed by atoms with van der Waals surface area (Å²) in [5.41, 5.74) is 2.60. The van der Waals surface area contributed by atoms with Gasteiger partial charge in [0.25, 0.3) is 10.0 Å². The topological polar surface area (TPSA) is 39.1 Å². The van der Waals surface area contributed by atoms with Gasteiger partial charge in [-0.15, -0.1) is 0 Å². The smallest absolute Gasteiger partial charge is 0.242 e. The zero-order valence-corrected chi connectivity index (χ0v) is 13.8. The summed E-state index contributed by atoms with van der Waals surface area (Å²) in [5, 5.41) is 0. The van der Waals surface area contributed by atoms with Gasteiger partial charge < -0.3 is 0 Å². The molecule has 1 unspecified atom stereocenters. The van der Waals surface area contributed by atoms with Gasteiger partial charge in [-0.05, 0) is 43.2 Å². The Balaban J connectivity index is 2.06. The first-order chi connectivity index (χ1) is 11.0. The van der Waals surface area contributed by atoms with E-state index in [1.54, 1.807) is 36.5 Å². The lowest BCUT2D eigenvalue weighted by Gasteiger charge is -2.11. The Bertz CT molecular complexity index is 884. The van der Waals surface area contributed by atoms with Gasteiger partial charge in [0, 0.05) is 12.1 Å². The van der Waals surface area contributed by atoms with Crippen LogP contribution in [0, 0.1) is 6.92 Å². The van der Waals surface area contributed by atoms with Crippen LogP contribution in [0.2, 0.25) is 0 Å². The molecule has 1 aliphatic carbocycles. The Kier molecular flexibility index (Phi) is 4.09. The van der Waals surface area contributed by atoms with Crippen molar-refractivity contribution in [3.05, 3.63) is 84.2 Å². The molecule has 3 rings (SSSR count). The maximum atomic E-state index is 12.9. The number of hydrogen-bond acceptors (Lipinski definition) is 2. The van der Waals surface area contributed by atoms with Gasteiger partial charge in [-0.1, -0.05) is 48.6 Å². The third-order valence-corrected chi connectivity index (χ3v) is 5.73. The Hall–Kier alpha value is -2.33. The second-order valence-corrected chi connectivity index (χ2v) is 7.49. The summed E-state index contributed by atoms with van der Waals surface area (Å²) in [6.45, 7) is 5.69. The lowest BCUT2D eigenvalue weighted by molar-refractivity contribution is 0.587. The molecule has 0 N–H and O–H groups in total. The first kappa shape index (κ1) is 15.6. The summed E-state index contributed by atoms with van der Waals surface area (Å²) in [6.07, 6.45) is 12.3. The Morgan fingerprint density at radius 2 is 1.96 bits per heavy atom. The normalized spacial score (nSPS) is 17.3. The zero-order valence-electron chi connectivity index (χ0n) is 13.0. The van der Waals surface area contributed by atoms with Gasteiger partial charge in [0.15, 0.2) is 0 Å². The highest BCUT2D eigenvalue weighted by Crippen LogP contribution is 2.29. The quantitative estimate of drug-likeness (QED) is 0.842. The number of benzene rings is 1. The summed E-state index contributed by atoms with van der Waals surface area (Å²) < 4.78 is 27.1. The van der Waals surface area contributed by atoms with E-state index >= 15 is 0 Å². The maximum Gasteiger partial charge on any atom is 0.268 e. The number of rotatable bonds is 4. The van der Waals surface area contributed by atoms with Gasteiger partial charge in [-0.3, -0.25) is 0 Å². The molecule has 1 heterocycles. The lowest BCUT2D eigenvalue weighted by atomic mass is 9.95. The minimum Gasteiger partial charge on any atom is -0.242 e. The third-order valence-electron chi connectivity index (χ3n) is 4.03. The van der Waals surface area contributed by atoms with Crippen LogP contribution < -0.4 is 0 Å². The van der Waals surface area contributed by atoms with E-state index in [0.717, 1.165) is 17.5 Å². The lowest BCUT2D eigenvalue weighted by Crippen LogP contribution is -2.13. The highest BCUT2D eigenvalue weighted by molar-refractivity contribution is 7.90. The van der Waals surface area contributed by atoms with Crippen molar-refractivity contribution in [3.63, 3.8) is 0 Å². The van der Waals surface area contributed by atoms with Crippen LogP contribution >= 0.6 is 0 Å². The van der Waals surface area contributed by atoms with Gasteiger partial charge in [0.1, 0.15) is 0 Å². The highest BCUT2D eigenvalue weighted by Gasteiger charge is 2.21. The van der Waals surface area contributed by atoms with Crippen molar-refractivity contribution in [3.8, 4) is 0 Å². The Morgan fingerprint density at radius 1 is 1.22 bits per heavy atom. The largest absolute Gasteiger partial charge is 0.268 e. The van der Waals surface area contributed by atoms with E-state index in [0.29, 0.717) is 5.69 Å². The highest BCUT2D eigenvalue weighted by atomic mass is 32.2. The van der Waals surface area contributed by atoms with Gasteiger partial charge in [0.2, 0.25) is 0 Å². The van der Waals surface area contributed by atoms with Gasteiger partial charge in [-0.2, -0.15) is 0 Å². The summed E-state index contributed by atoms with van der Waals surface area (Å²) in [6, 6.07) is 8.78. The predicted octanol–water partition coefficient (Wildman–Crippen LogP) is 4.28. The molecule has 4 heteroatoms. The fourth-order valence-electron chi connectivity index (χ4n) is 2.69. The molecule has 0 amide bonds. The first-order valence-electron chi connectivity index (χ1n) is 7.52. The van der Waals surface area contributed by atoms with Crippen LogP contribution in [-0.4, -0.2) is 12.4 Å². The molecular formula is C19H19NO2S. The second-order valence-electron chi connectivity index (χ2n) is 5.67. The van der Waals surface area contributed by atoms with Crippen LogP contribution in [0.5, 0.6) is 0 Å². The molecule has 23 heavy (non-hydrogen) atoms. The fraction of sp³-hybridized carbons (Fsp3) is 0.158. The Labute approximate surface area is 137 Å². The molecule has 1 aromatic carbocycles. The molecule has 0 radical (unpaired) electrons. The van der Waals surface area contributed by atoms with Gasteiger partial charge in [0.05, 0.1) is 10.6 Å². The number of nitrogens with zero attached hydrogens (tertiary/aromatic N) is 1. The van der Waals surface area contributed by atoms with Crippen molar-refractivity contribution < 1.29 is 8.42 Å². The summed E-state index contributed by atoms with van der Waals surface area (Å²) in [4.78, 5) is 0.285. The zero-order chi connectivity index (χ0) is 16.4. The van der Waals surface area contributed by atoms with E-state index in [-0.39, 0.29) is 10.8 Å². The summed E-state index contributed by atoms with van der Waals surface area (Å²) in [7, 11) is -3.61. The average molecular weight is 325 g/mol. The van der Waals surface area contributed by atoms with E-state index in [2.05, 4.69) is 18.7 Å². The summed E-state index contributed by atoms with van der Waals surface area (Å²) >= 11 is 0. The molecule has 0 fully saturated rings. The van der Waals surface area contributed by atoms with E-state index in [4.69, 9.17) is 0 Å². The minimum absolute atomic E-state index is 0.202. The van der Waals surface area contributed by atoms with Crippen molar-refractivity contribution in [1.82, 2.24) is 3.97 Å². The number of hydrogen-bond donors (Lipinski definition) is 0. The Morgan fingerprint density at radius 3 is 2.57 bits per heavy atom. The van der Waals surface area contributed by atoms with Crippen molar-refractivity contribution >= 4 is 16.1 Å². The van der Waals surface area contributed by atoms with Gasteiger partial charge >= 0.3 is 0 Å². The minimum atomic E-state index is -3.61. The van der Waals surface area contributed by atoms with Gasteiger partial charge in [-0.25, -0.2) is 12.4 Å². The molecule has 1 aliphatic rings. The van der Waals surface area contributed by atoms with Crippen LogP contribution in [0.25, 0.3) is 6.08 Å². The molecular weight excluding hydrogens is 306 g/mol. The molecule has 0 bridgehead atoms. The van der Waals surface area contributed by atoms with Crippen LogP contribution in [-0.2, 0) is 10.0 Å². The SMILES string of the molecule is C=Cc1cc(C2C=CC=CC2)cn1S(=O)(=O)c1ccc(C)cc1. The second kappa shape index (κ2) is 6.05. The third kappa shape index (κ3) is 2.94. The predicted molar refractivity (Wildman–Crippen MR) is 93.9 cm³/mol. The van der Waals surface area contributed by atoms with Crippen molar-refractivity contribution in [1.29, 1.82) is 0 Å². The number of aromatic nitrogens is 1. The molecule has 1 atom stereocenters. The van der Waals surface area contributed by atoms with E-state index in [1.165, 1.54) is 3.97 Å². The molecule has 0 saturated heterocycles. The number of allylic oxidation sites excluding steroid dienone is 4. The molecule has 0 saturated carbocycles. The maximum absolute atomic E-state index is 12.9. The van der Waals surface area contributed by atoms with Crippen LogP contribution in [0.4, 0.5) is 0 Å². The average Bonchev–Trinajstić information content (AvgIpc) is 3.01. The standard InChI is InChI=1S/C19H19NO2S/c1-3-18-13-17(16-7-5-4-6-8-16)14-20(18)23(21,22)19-11-9-15(2)10-12-19/h3-7,9-14,16H,1,8H2,2H3. The first-order valence-corrected chi connectivity index (χ1v) is 8.96. The van der Waals surface area contributed by atoms with E-state index < -0.39 is 10.0 Å². The van der Waals surface area contributed by atoms with Crippen molar-refractivity contribution in [2.75, 3.05) is 0 Å². The molecule has 0 spiro atoms. The number of aryl methyl sites for hydroxylation is 1. The van der Waals surface area contributed by atoms with Crippen molar-refractivity contribution in [2.24, 2.45) is 0 Å². The van der Waals surface area contributed by atoms with Crippen molar-refractivity contribution in [2.45, 2.75) is 24.2 Å². The molecule has 3 nitrogen and oxygen atoms in total. The fourth-order valence-corrected chi connectivity index (χ4v) is 4.07. The monoisotopic (exact) mass is 325 g/mol. The van der Waals surface area contributed by atoms with E-state index in [1.807, 2.05) is 25.1 Å². The van der Waals surface area contributed by atoms with Crippen LogP contribution in [0.15, 0.2) is 72.3 Å². The molecule has 2 aromatic rings. The summed E-state index contributed by atoms with van der Waals surface area (Å²) in [5.74, 6) is 0.202. The van der Waals surface area contributed by atoms with Crippen LogP contribution in [0.1, 0.15) is 29.2 Å².